The van der Waals surface area contributed by atoms with Crippen molar-refractivity contribution in [2.24, 2.45) is 0 Å². The molecule has 0 atom stereocenters. The van der Waals surface area contributed by atoms with Gasteiger partial charge in [-0.2, -0.15) is 0 Å². The van der Waals surface area contributed by atoms with Crippen molar-refractivity contribution in [2.45, 2.75) is 13.8 Å². The Labute approximate surface area is 75.0 Å². The lowest BCUT2D eigenvalue weighted by molar-refractivity contribution is 1.01. The van der Waals surface area contributed by atoms with Crippen LogP contribution in [0.5, 0.6) is 0 Å². The topological polar surface area (TPSA) is 30.2 Å². The number of hydrogen-bond donors (Lipinski definition) is 0. The third-order valence-electron chi connectivity index (χ3n) is 1.75. The Kier molecular flexibility index (Phi) is 1.54. The van der Waals surface area contributed by atoms with Crippen LogP contribution < -0.4 is 0 Å². The Morgan fingerprint density at radius 3 is 2.92 bits per heavy atom. The summed E-state index contributed by atoms with van der Waals surface area (Å²) in [5, 5.41) is 0.660. The van der Waals surface area contributed by atoms with Gasteiger partial charge in [-0.15, -0.1) is 0 Å². The van der Waals surface area contributed by atoms with Crippen molar-refractivity contribution in [1.29, 1.82) is 0 Å². The number of aromatic nitrogens is 3. The average molecular weight is 182 g/mol. The second-order valence-electron chi connectivity index (χ2n) is 2.72. The first-order valence-corrected chi connectivity index (χ1v) is 4.03. The van der Waals surface area contributed by atoms with Gasteiger partial charge in [-0.3, -0.25) is 4.40 Å². The number of nitrogens with zero attached hydrogens (tertiary/aromatic N) is 3. The summed E-state index contributed by atoms with van der Waals surface area (Å²) in [5.74, 6) is 0.863. The highest BCUT2D eigenvalue weighted by Crippen LogP contribution is 2.14. The molecule has 2 rings (SSSR count). The molecule has 0 saturated heterocycles. The van der Waals surface area contributed by atoms with Crippen LogP contribution in [0.3, 0.4) is 0 Å². The fraction of sp³-hybridized carbons (Fsp3) is 0.250. The smallest absolute Gasteiger partial charge is 0.158 e. The number of hydrogen-bond acceptors (Lipinski definition) is 2. The summed E-state index contributed by atoms with van der Waals surface area (Å²) in [6.45, 7) is 3.81. The van der Waals surface area contributed by atoms with Crippen molar-refractivity contribution in [3.63, 3.8) is 0 Å². The van der Waals surface area contributed by atoms with E-state index in [1.165, 1.54) is 0 Å². The van der Waals surface area contributed by atoms with Gasteiger partial charge < -0.3 is 0 Å². The maximum Gasteiger partial charge on any atom is 0.158 e. The molecule has 4 heteroatoms. The zero-order valence-electron chi connectivity index (χ0n) is 6.87. The molecule has 0 aromatic carbocycles. The maximum atomic E-state index is 5.99. The Morgan fingerprint density at radius 1 is 1.42 bits per heavy atom. The van der Waals surface area contributed by atoms with Gasteiger partial charge in [0.2, 0.25) is 0 Å². The van der Waals surface area contributed by atoms with Gasteiger partial charge in [0, 0.05) is 5.69 Å². The molecule has 2 aromatic heterocycles. The first-order valence-electron chi connectivity index (χ1n) is 3.65. The van der Waals surface area contributed by atoms with E-state index in [0.717, 1.165) is 17.2 Å². The summed E-state index contributed by atoms with van der Waals surface area (Å²) < 4.78 is 1.81. The Balaban J connectivity index is 2.93. The summed E-state index contributed by atoms with van der Waals surface area (Å²) in [6.07, 6.45) is 1.72. The van der Waals surface area contributed by atoms with Gasteiger partial charge in [-0.1, -0.05) is 11.6 Å². The van der Waals surface area contributed by atoms with Crippen LogP contribution in [0.15, 0.2) is 12.3 Å². The summed E-state index contributed by atoms with van der Waals surface area (Å²) in [4.78, 5) is 8.39. The quantitative estimate of drug-likeness (QED) is 0.582. The van der Waals surface area contributed by atoms with Crippen molar-refractivity contribution in [3.05, 3.63) is 28.9 Å². The van der Waals surface area contributed by atoms with Crippen LogP contribution in [-0.4, -0.2) is 14.4 Å². The highest BCUT2D eigenvalue weighted by Gasteiger charge is 2.03. The number of rotatable bonds is 0. The van der Waals surface area contributed by atoms with E-state index in [2.05, 4.69) is 9.97 Å². The predicted molar refractivity (Wildman–Crippen MR) is 47.5 cm³/mol. The van der Waals surface area contributed by atoms with Crippen LogP contribution in [0, 0.1) is 13.8 Å². The van der Waals surface area contributed by atoms with Crippen LogP contribution in [0.2, 0.25) is 5.15 Å². The van der Waals surface area contributed by atoms with Crippen molar-refractivity contribution in [1.82, 2.24) is 14.4 Å². The van der Waals surface area contributed by atoms with E-state index >= 15 is 0 Å². The van der Waals surface area contributed by atoms with Crippen LogP contribution >= 0.6 is 11.6 Å². The first-order chi connectivity index (χ1) is 5.68. The molecule has 0 N–H and O–H groups in total. The van der Waals surface area contributed by atoms with Gasteiger partial charge in [0.25, 0.3) is 0 Å². The van der Waals surface area contributed by atoms with Gasteiger partial charge in [0.1, 0.15) is 11.0 Å². The number of imidazole rings is 1. The summed E-state index contributed by atoms with van der Waals surface area (Å²) in [5.41, 5.74) is 1.71. The minimum atomic E-state index is 0.660. The van der Waals surface area contributed by atoms with Crippen LogP contribution in [0.25, 0.3) is 5.65 Å². The van der Waals surface area contributed by atoms with E-state index in [-0.39, 0.29) is 0 Å². The summed E-state index contributed by atoms with van der Waals surface area (Å²) >= 11 is 5.99. The zero-order chi connectivity index (χ0) is 8.72. The Bertz CT molecular complexity index is 433. The molecule has 12 heavy (non-hydrogen) atoms. The van der Waals surface area contributed by atoms with Crippen LogP contribution in [0.1, 0.15) is 11.5 Å². The molecular weight excluding hydrogens is 174 g/mol. The molecule has 2 heterocycles. The van der Waals surface area contributed by atoms with Crippen molar-refractivity contribution in [3.8, 4) is 0 Å². The van der Waals surface area contributed by atoms with Crippen molar-refractivity contribution >= 4 is 17.2 Å². The van der Waals surface area contributed by atoms with E-state index in [9.17, 15) is 0 Å². The minimum absolute atomic E-state index is 0.660. The molecule has 3 nitrogen and oxygen atoms in total. The van der Waals surface area contributed by atoms with Crippen molar-refractivity contribution in [2.75, 3.05) is 0 Å². The lowest BCUT2D eigenvalue weighted by Crippen LogP contribution is -1.93. The molecule has 0 aliphatic rings. The number of halogens is 1. The van der Waals surface area contributed by atoms with Gasteiger partial charge in [-0.05, 0) is 19.9 Å². The second-order valence-corrected chi connectivity index (χ2v) is 3.11. The van der Waals surface area contributed by atoms with Gasteiger partial charge in [0.05, 0.1) is 6.20 Å². The fourth-order valence-electron chi connectivity index (χ4n) is 1.23. The highest BCUT2D eigenvalue weighted by atomic mass is 35.5. The van der Waals surface area contributed by atoms with Gasteiger partial charge in [0.15, 0.2) is 5.65 Å². The molecule has 0 radical (unpaired) electrons. The monoisotopic (exact) mass is 181 g/mol. The zero-order valence-corrected chi connectivity index (χ0v) is 7.63. The molecule has 0 spiro atoms. The standard InChI is InChI=1S/C8H8ClN3/c1-5-3-7(9)12-6(2)10-4-8(12)11-5/h3-4H,1-2H3. The molecule has 0 aliphatic carbocycles. The normalized spacial score (nSPS) is 10.9. The number of fused-ring (bicyclic) bond motifs is 1. The lowest BCUT2D eigenvalue weighted by atomic mass is 10.4. The van der Waals surface area contributed by atoms with Crippen LogP contribution in [0.4, 0.5) is 0 Å². The van der Waals surface area contributed by atoms with Gasteiger partial charge in [-0.25, -0.2) is 9.97 Å². The Morgan fingerprint density at radius 2 is 2.17 bits per heavy atom. The largest absolute Gasteiger partial charge is 0.271 e. The van der Waals surface area contributed by atoms with Crippen molar-refractivity contribution < 1.29 is 0 Å². The molecule has 0 bridgehead atoms. The van der Waals surface area contributed by atoms with E-state index in [1.807, 2.05) is 24.3 Å². The molecule has 0 unspecified atom stereocenters. The number of aryl methyl sites for hydroxylation is 2. The van der Waals surface area contributed by atoms with E-state index < -0.39 is 0 Å². The third-order valence-corrected chi connectivity index (χ3v) is 2.03. The summed E-state index contributed by atoms with van der Waals surface area (Å²) in [7, 11) is 0. The minimum Gasteiger partial charge on any atom is -0.271 e. The average Bonchev–Trinajstić information content (AvgIpc) is 2.31. The molecule has 0 aliphatic heterocycles. The Hall–Kier alpha value is -1.09. The van der Waals surface area contributed by atoms with Crippen LogP contribution in [-0.2, 0) is 0 Å². The lowest BCUT2D eigenvalue weighted by Gasteiger charge is -2.00. The van der Waals surface area contributed by atoms with E-state index in [4.69, 9.17) is 11.6 Å². The van der Waals surface area contributed by atoms with Gasteiger partial charge >= 0.3 is 0 Å². The molecule has 0 fully saturated rings. The highest BCUT2D eigenvalue weighted by molar-refractivity contribution is 6.29. The SMILES string of the molecule is Cc1cc(Cl)n2c(C)ncc2n1. The molecule has 62 valence electrons. The maximum absolute atomic E-state index is 5.99. The second kappa shape index (κ2) is 2.45. The first kappa shape index (κ1) is 7.55. The van der Waals surface area contributed by atoms with E-state index in [1.54, 1.807) is 6.20 Å². The molecular formula is C8H8ClN3. The predicted octanol–water partition coefficient (Wildman–Crippen LogP) is 2.00. The fourth-order valence-corrected chi connectivity index (χ4v) is 1.59. The summed E-state index contributed by atoms with van der Waals surface area (Å²) in [6, 6.07) is 1.82. The third kappa shape index (κ3) is 0.975. The molecule has 0 saturated carbocycles. The molecule has 0 amide bonds. The van der Waals surface area contributed by atoms with E-state index in [0.29, 0.717) is 5.15 Å². The molecule has 2 aromatic rings.